The SMILES string of the molecule is Cc1cc(C)nc(SC(C)CCO)n1. The molecule has 0 aliphatic heterocycles. The van der Waals surface area contributed by atoms with Crippen LogP contribution < -0.4 is 0 Å². The van der Waals surface area contributed by atoms with Crippen LogP contribution in [0.15, 0.2) is 11.2 Å². The van der Waals surface area contributed by atoms with Gasteiger partial charge in [0.25, 0.3) is 0 Å². The summed E-state index contributed by atoms with van der Waals surface area (Å²) in [6.45, 7) is 6.23. The molecule has 1 aromatic rings. The number of aliphatic hydroxyl groups excluding tert-OH is 1. The molecule has 1 atom stereocenters. The molecule has 0 saturated heterocycles. The van der Waals surface area contributed by atoms with Crippen LogP contribution in [0.2, 0.25) is 0 Å². The molecule has 1 aromatic heterocycles. The zero-order valence-corrected chi connectivity index (χ0v) is 9.64. The lowest BCUT2D eigenvalue weighted by molar-refractivity contribution is 0.289. The summed E-state index contributed by atoms with van der Waals surface area (Å²) in [5, 5.41) is 9.94. The number of aliphatic hydroxyl groups is 1. The number of hydrogen-bond donors (Lipinski definition) is 1. The molecule has 78 valence electrons. The van der Waals surface area contributed by atoms with Crippen molar-refractivity contribution in [1.29, 1.82) is 0 Å². The Bertz CT molecular complexity index is 284. The summed E-state index contributed by atoms with van der Waals surface area (Å²) in [4.78, 5) is 8.65. The predicted octanol–water partition coefficient (Wildman–Crippen LogP) is 1.96. The third-order valence-electron chi connectivity index (χ3n) is 1.80. The van der Waals surface area contributed by atoms with E-state index < -0.39 is 0 Å². The molecule has 14 heavy (non-hydrogen) atoms. The summed E-state index contributed by atoms with van der Waals surface area (Å²) in [5.41, 5.74) is 1.99. The van der Waals surface area contributed by atoms with Crippen molar-refractivity contribution in [3.8, 4) is 0 Å². The van der Waals surface area contributed by atoms with E-state index in [4.69, 9.17) is 5.11 Å². The standard InChI is InChI=1S/C10H16N2OS/c1-7-6-8(2)12-10(11-7)14-9(3)4-5-13/h6,9,13H,4-5H2,1-3H3. The fourth-order valence-corrected chi connectivity index (χ4v) is 2.14. The molecular formula is C10H16N2OS. The van der Waals surface area contributed by atoms with Crippen molar-refractivity contribution >= 4 is 11.8 Å². The molecule has 0 aliphatic rings. The molecule has 0 radical (unpaired) electrons. The van der Waals surface area contributed by atoms with E-state index in [1.54, 1.807) is 11.8 Å². The van der Waals surface area contributed by atoms with Gasteiger partial charge in [0.05, 0.1) is 0 Å². The second-order valence-electron chi connectivity index (χ2n) is 3.37. The molecule has 1 N–H and O–H groups in total. The van der Waals surface area contributed by atoms with Gasteiger partial charge in [0.15, 0.2) is 5.16 Å². The monoisotopic (exact) mass is 212 g/mol. The van der Waals surface area contributed by atoms with E-state index in [9.17, 15) is 0 Å². The normalized spacial score (nSPS) is 12.9. The highest BCUT2D eigenvalue weighted by Crippen LogP contribution is 2.21. The van der Waals surface area contributed by atoms with Gasteiger partial charge in [-0.1, -0.05) is 18.7 Å². The van der Waals surface area contributed by atoms with Crippen LogP contribution in [0.4, 0.5) is 0 Å². The summed E-state index contributed by atoms with van der Waals surface area (Å²) < 4.78 is 0. The molecule has 0 bridgehead atoms. The van der Waals surface area contributed by atoms with E-state index in [2.05, 4.69) is 16.9 Å². The van der Waals surface area contributed by atoms with Crippen LogP contribution in [0.3, 0.4) is 0 Å². The molecule has 4 heteroatoms. The maximum absolute atomic E-state index is 8.77. The number of aryl methyl sites for hydroxylation is 2. The lowest BCUT2D eigenvalue weighted by Crippen LogP contribution is -2.02. The van der Waals surface area contributed by atoms with Crippen LogP contribution in [0.25, 0.3) is 0 Å². The number of thioether (sulfide) groups is 1. The van der Waals surface area contributed by atoms with Gasteiger partial charge in [0, 0.05) is 23.2 Å². The molecule has 0 aliphatic carbocycles. The number of hydrogen-bond acceptors (Lipinski definition) is 4. The number of aromatic nitrogens is 2. The molecule has 0 spiro atoms. The third kappa shape index (κ3) is 3.64. The minimum atomic E-state index is 0.221. The van der Waals surface area contributed by atoms with Crippen LogP contribution in [0.5, 0.6) is 0 Å². The van der Waals surface area contributed by atoms with Gasteiger partial charge in [-0.2, -0.15) is 0 Å². The lowest BCUT2D eigenvalue weighted by Gasteiger charge is -2.08. The van der Waals surface area contributed by atoms with Crippen molar-refractivity contribution < 1.29 is 5.11 Å². The highest BCUT2D eigenvalue weighted by Gasteiger charge is 2.06. The summed E-state index contributed by atoms with van der Waals surface area (Å²) >= 11 is 1.61. The van der Waals surface area contributed by atoms with Crippen molar-refractivity contribution in [2.24, 2.45) is 0 Å². The molecule has 0 fully saturated rings. The molecule has 1 heterocycles. The average molecular weight is 212 g/mol. The van der Waals surface area contributed by atoms with Gasteiger partial charge in [-0.3, -0.25) is 0 Å². The van der Waals surface area contributed by atoms with Gasteiger partial charge in [0.1, 0.15) is 0 Å². The fourth-order valence-electron chi connectivity index (χ4n) is 1.17. The summed E-state index contributed by atoms with van der Waals surface area (Å²) in [5.74, 6) is 0. The van der Waals surface area contributed by atoms with Crippen LogP contribution in [-0.4, -0.2) is 26.9 Å². The molecule has 0 aromatic carbocycles. The first kappa shape index (κ1) is 11.5. The minimum Gasteiger partial charge on any atom is -0.396 e. The Labute approximate surface area is 89.0 Å². The zero-order chi connectivity index (χ0) is 10.6. The predicted molar refractivity (Wildman–Crippen MR) is 58.5 cm³/mol. The van der Waals surface area contributed by atoms with E-state index in [0.717, 1.165) is 23.0 Å². The van der Waals surface area contributed by atoms with Gasteiger partial charge in [-0.25, -0.2) is 9.97 Å². The van der Waals surface area contributed by atoms with Gasteiger partial charge < -0.3 is 5.11 Å². The summed E-state index contributed by atoms with van der Waals surface area (Å²) in [6, 6.07) is 1.96. The summed E-state index contributed by atoms with van der Waals surface area (Å²) in [7, 11) is 0. The zero-order valence-electron chi connectivity index (χ0n) is 8.82. The quantitative estimate of drug-likeness (QED) is 0.612. The number of nitrogens with zero attached hydrogens (tertiary/aromatic N) is 2. The fraction of sp³-hybridized carbons (Fsp3) is 0.600. The minimum absolute atomic E-state index is 0.221. The molecule has 3 nitrogen and oxygen atoms in total. The van der Waals surface area contributed by atoms with Crippen LogP contribution in [0, 0.1) is 13.8 Å². The maximum atomic E-state index is 8.77. The largest absolute Gasteiger partial charge is 0.396 e. The smallest absolute Gasteiger partial charge is 0.188 e. The Kier molecular flexibility index (Phi) is 4.35. The highest BCUT2D eigenvalue weighted by molar-refractivity contribution is 7.99. The Morgan fingerprint density at radius 3 is 2.43 bits per heavy atom. The lowest BCUT2D eigenvalue weighted by atomic mass is 10.3. The second kappa shape index (κ2) is 5.32. The van der Waals surface area contributed by atoms with Gasteiger partial charge in [-0.15, -0.1) is 0 Å². The second-order valence-corrected chi connectivity index (χ2v) is 4.78. The average Bonchev–Trinajstić information content (AvgIpc) is 2.01. The van der Waals surface area contributed by atoms with Crippen molar-refractivity contribution in [3.05, 3.63) is 17.5 Å². The topological polar surface area (TPSA) is 46.0 Å². The Morgan fingerprint density at radius 1 is 1.36 bits per heavy atom. The van der Waals surface area contributed by atoms with Crippen molar-refractivity contribution in [1.82, 2.24) is 9.97 Å². The van der Waals surface area contributed by atoms with Crippen LogP contribution in [0.1, 0.15) is 24.7 Å². The van der Waals surface area contributed by atoms with E-state index in [1.165, 1.54) is 0 Å². The van der Waals surface area contributed by atoms with E-state index in [-0.39, 0.29) is 6.61 Å². The molecule has 1 rings (SSSR count). The van der Waals surface area contributed by atoms with Gasteiger partial charge in [0.2, 0.25) is 0 Å². The van der Waals surface area contributed by atoms with E-state index in [1.807, 2.05) is 19.9 Å². The first-order valence-electron chi connectivity index (χ1n) is 4.71. The number of rotatable bonds is 4. The maximum Gasteiger partial charge on any atom is 0.188 e. The van der Waals surface area contributed by atoms with Gasteiger partial charge in [-0.05, 0) is 26.3 Å². The van der Waals surface area contributed by atoms with Crippen molar-refractivity contribution in [2.45, 2.75) is 37.6 Å². The van der Waals surface area contributed by atoms with Crippen LogP contribution >= 0.6 is 11.8 Å². The molecule has 0 saturated carbocycles. The first-order chi connectivity index (χ1) is 6.61. The summed E-state index contributed by atoms with van der Waals surface area (Å²) in [6.07, 6.45) is 0.779. The molecular weight excluding hydrogens is 196 g/mol. The highest BCUT2D eigenvalue weighted by atomic mass is 32.2. The van der Waals surface area contributed by atoms with E-state index >= 15 is 0 Å². The van der Waals surface area contributed by atoms with E-state index in [0.29, 0.717) is 5.25 Å². The van der Waals surface area contributed by atoms with Crippen LogP contribution in [-0.2, 0) is 0 Å². The van der Waals surface area contributed by atoms with Crippen molar-refractivity contribution in [3.63, 3.8) is 0 Å². The Balaban J connectivity index is 2.66. The Hall–Kier alpha value is -0.610. The van der Waals surface area contributed by atoms with Gasteiger partial charge >= 0.3 is 0 Å². The van der Waals surface area contributed by atoms with Crippen molar-refractivity contribution in [2.75, 3.05) is 6.61 Å². The Morgan fingerprint density at radius 2 is 1.93 bits per heavy atom. The molecule has 0 amide bonds. The first-order valence-corrected chi connectivity index (χ1v) is 5.59. The third-order valence-corrected chi connectivity index (χ3v) is 2.84. The molecule has 1 unspecified atom stereocenters.